The van der Waals surface area contributed by atoms with Crippen LogP contribution in [0.3, 0.4) is 0 Å². The number of nitrogen functional groups attached to an aromatic ring is 1. The fourth-order valence-corrected chi connectivity index (χ4v) is 1.35. The summed E-state index contributed by atoms with van der Waals surface area (Å²) in [5.74, 6) is 6.50. The van der Waals surface area contributed by atoms with Gasteiger partial charge in [0, 0.05) is 12.1 Å². The van der Waals surface area contributed by atoms with Gasteiger partial charge in [0.1, 0.15) is 23.6 Å². The molecule has 6 N–H and O–H groups in total. The predicted octanol–water partition coefficient (Wildman–Crippen LogP) is -0.520. The molecule has 1 aromatic rings. The molecule has 0 radical (unpaired) electrons. The highest BCUT2D eigenvalue weighted by atomic mass is 16.3. The van der Waals surface area contributed by atoms with Crippen molar-refractivity contribution >= 4 is 11.6 Å². The second-order valence-electron chi connectivity index (χ2n) is 4.06. The first-order valence-electron chi connectivity index (χ1n) is 5.41. The lowest BCUT2D eigenvalue weighted by Crippen LogP contribution is -2.37. The summed E-state index contributed by atoms with van der Waals surface area (Å²) in [5, 5.41) is 21.6. The van der Waals surface area contributed by atoms with Crippen molar-refractivity contribution in [3.05, 3.63) is 11.9 Å². The van der Waals surface area contributed by atoms with E-state index in [0.717, 1.165) is 5.56 Å². The summed E-state index contributed by atoms with van der Waals surface area (Å²) in [6, 6.07) is 0. The molecule has 0 aliphatic rings. The molecule has 0 bridgehead atoms. The number of hydrogen-bond donors (Lipinski definition) is 5. The number of hydrogen-bond acceptors (Lipinski definition) is 7. The van der Waals surface area contributed by atoms with E-state index in [1.165, 1.54) is 13.3 Å². The van der Waals surface area contributed by atoms with Crippen LogP contribution in [0.5, 0.6) is 0 Å². The summed E-state index contributed by atoms with van der Waals surface area (Å²) in [6.07, 6.45) is 2.08. The van der Waals surface area contributed by atoms with Crippen molar-refractivity contribution in [3.63, 3.8) is 0 Å². The monoisotopic (exact) mass is 241 g/mol. The van der Waals surface area contributed by atoms with Gasteiger partial charge in [-0.1, -0.05) is 6.92 Å². The van der Waals surface area contributed by atoms with Crippen LogP contribution in [0, 0.1) is 0 Å². The summed E-state index contributed by atoms with van der Waals surface area (Å²) in [6.45, 7) is 3.36. The van der Waals surface area contributed by atoms with E-state index in [-0.39, 0.29) is 13.2 Å². The van der Waals surface area contributed by atoms with E-state index in [4.69, 9.17) is 10.9 Å². The third-order valence-electron chi connectivity index (χ3n) is 2.41. The number of nitrogens with one attached hydrogen (secondary N) is 2. The fraction of sp³-hybridized carbons (Fsp3) is 0.600. The highest BCUT2D eigenvalue weighted by molar-refractivity contribution is 5.56. The summed E-state index contributed by atoms with van der Waals surface area (Å²) >= 11 is 0. The Morgan fingerprint density at radius 2 is 2.06 bits per heavy atom. The number of aliphatic hydroxyl groups excluding tert-OH is 1. The summed E-state index contributed by atoms with van der Waals surface area (Å²) < 4.78 is 0. The number of nitrogens with two attached hydrogens (primary N) is 1. The maximum absolute atomic E-state index is 9.68. The summed E-state index contributed by atoms with van der Waals surface area (Å²) in [4.78, 5) is 8.08. The SMILES string of the molecule is CCc1c(NN)ncnc1NCC(C)(O)CO. The van der Waals surface area contributed by atoms with Gasteiger partial charge in [0.25, 0.3) is 0 Å². The van der Waals surface area contributed by atoms with Gasteiger partial charge in [0.15, 0.2) is 0 Å². The molecule has 7 nitrogen and oxygen atoms in total. The molecule has 7 heteroatoms. The molecule has 0 saturated heterocycles. The van der Waals surface area contributed by atoms with Crippen molar-refractivity contribution in [1.82, 2.24) is 9.97 Å². The Labute approximate surface area is 100 Å². The Balaban J connectivity index is 2.84. The lowest BCUT2D eigenvalue weighted by molar-refractivity contribution is 0.0131. The number of aromatic nitrogens is 2. The number of nitrogens with zero attached hydrogens (tertiary/aromatic N) is 2. The average Bonchev–Trinajstić information content (AvgIpc) is 2.35. The minimum atomic E-state index is -1.19. The maximum Gasteiger partial charge on any atom is 0.148 e. The van der Waals surface area contributed by atoms with Crippen molar-refractivity contribution in [3.8, 4) is 0 Å². The molecule has 1 unspecified atom stereocenters. The zero-order valence-corrected chi connectivity index (χ0v) is 10.1. The number of rotatable bonds is 6. The smallest absolute Gasteiger partial charge is 0.148 e. The Morgan fingerprint density at radius 3 is 2.59 bits per heavy atom. The van der Waals surface area contributed by atoms with E-state index in [9.17, 15) is 5.11 Å². The minimum Gasteiger partial charge on any atom is -0.393 e. The van der Waals surface area contributed by atoms with Crippen molar-refractivity contribution in [2.24, 2.45) is 5.84 Å². The van der Waals surface area contributed by atoms with E-state index in [2.05, 4.69) is 20.7 Å². The normalized spacial score (nSPS) is 14.2. The molecule has 0 aliphatic heterocycles. The Hall–Kier alpha value is -1.44. The Morgan fingerprint density at radius 1 is 1.41 bits per heavy atom. The number of aliphatic hydroxyl groups is 2. The van der Waals surface area contributed by atoms with Crippen molar-refractivity contribution in [2.75, 3.05) is 23.9 Å². The van der Waals surface area contributed by atoms with Gasteiger partial charge in [0.05, 0.1) is 6.61 Å². The molecule has 1 rings (SSSR count). The van der Waals surface area contributed by atoms with Crippen LogP contribution in [0.4, 0.5) is 11.6 Å². The van der Waals surface area contributed by atoms with Crippen molar-refractivity contribution < 1.29 is 10.2 Å². The van der Waals surface area contributed by atoms with E-state index in [1.807, 2.05) is 6.92 Å². The summed E-state index contributed by atoms with van der Waals surface area (Å²) in [5.41, 5.74) is 2.14. The van der Waals surface area contributed by atoms with E-state index < -0.39 is 5.60 Å². The molecule has 1 heterocycles. The average molecular weight is 241 g/mol. The third kappa shape index (κ3) is 3.52. The van der Waals surface area contributed by atoms with Crippen LogP contribution in [-0.4, -0.2) is 38.9 Å². The molecule has 96 valence electrons. The van der Waals surface area contributed by atoms with Crippen LogP contribution in [-0.2, 0) is 6.42 Å². The first-order chi connectivity index (χ1) is 8.04. The topological polar surface area (TPSA) is 116 Å². The first-order valence-corrected chi connectivity index (χ1v) is 5.41. The molecule has 1 atom stereocenters. The molecule has 0 spiro atoms. The van der Waals surface area contributed by atoms with Gasteiger partial charge in [-0.15, -0.1) is 0 Å². The number of anilines is 2. The molecule has 17 heavy (non-hydrogen) atoms. The lowest BCUT2D eigenvalue weighted by Gasteiger charge is -2.22. The van der Waals surface area contributed by atoms with Crippen molar-refractivity contribution in [2.45, 2.75) is 25.9 Å². The van der Waals surface area contributed by atoms with E-state index in [1.54, 1.807) is 0 Å². The quantitative estimate of drug-likeness (QED) is 0.336. The van der Waals surface area contributed by atoms with E-state index in [0.29, 0.717) is 18.1 Å². The van der Waals surface area contributed by atoms with Crippen LogP contribution in [0.25, 0.3) is 0 Å². The molecule has 1 aromatic heterocycles. The van der Waals surface area contributed by atoms with Crippen molar-refractivity contribution in [1.29, 1.82) is 0 Å². The van der Waals surface area contributed by atoms with Gasteiger partial charge >= 0.3 is 0 Å². The van der Waals surface area contributed by atoms with Gasteiger partial charge in [-0.3, -0.25) is 0 Å². The second-order valence-corrected chi connectivity index (χ2v) is 4.06. The van der Waals surface area contributed by atoms with Gasteiger partial charge in [-0.2, -0.15) is 0 Å². The summed E-state index contributed by atoms with van der Waals surface area (Å²) in [7, 11) is 0. The molecule has 0 aliphatic carbocycles. The maximum atomic E-state index is 9.68. The molecular weight excluding hydrogens is 222 g/mol. The number of hydrazine groups is 1. The zero-order valence-electron chi connectivity index (χ0n) is 10.1. The minimum absolute atomic E-state index is 0.192. The van der Waals surface area contributed by atoms with Crippen LogP contribution in [0.15, 0.2) is 6.33 Å². The van der Waals surface area contributed by atoms with Crippen LogP contribution < -0.4 is 16.6 Å². The van der Waals surface area contributed by atoms with Gasteiger partial charge in [-0.05, 0) is 13.3 Å². The molecular formula is C10H19N5O2. The molecule has 0 aromatic carbocycles. The van der Waals surface area contributed by atoms with Gasteiger partial charge in [0.2, 0.25) is 0 Å². The molecule has 0 saturated carbocycles. The predicted molar refractivity (Wildman–Crippen MR) is 65.4 cm³/mol. The van der Waals surface area contributed by atoms with E-state index >= 15 is 0 Å². The van der Waals surface area contributed by atoms with Crippen LogP contribution in [0.1, 0.15) is 19.4 Å². The zero-order chi connectivity index (χ0) is 12.9. The highest BCUT2D eigenvalue weighted by Crippen LogP contribution is 2.19. The lowest BCUT2D eigenvalue weighted by atomic mass is 10.1. The third-order valence-corrected chi connectivity index (χ3v) is 2.41. The second kappa shape index (κ2) is 5.76. The highest BCUT2D eigenvalue weighted by Gasteiger charge is 2.19. The Bertz CT molecular complexity index is 370. The van der Waals surface area contributed by atoms with Crippen LogP contribution >= 0.6 is 0 Å². The Kier molecular flexibility index (Phi) is 4.62. The first kappa shape index (κ1) is 13.6. The fourth-order valence-electron chi connectivity index (χ4n) is 1.35. The molecule has 0 amide bonds. The standard InChI is InChI=1S/C10H19N5O2/c1-3-7-8(12-4-10(2,17)5-16)13-6-14-9(7)15-11/h6,16-17H,3-5,11H2,1-2H3,(H2,12,13,14,15). The largest absolute Gasteiger partial charge is 0.393 e. The van der Waals surface area contributed by atoms with Gasteiger partial charge < -0.3 is 21.0 Å². The molecule has 0 fully saturated rings. The van der Waals surface area contributed by atoms with Gasteiger partial charge in [-0.25, -0.2) is 15.8 Å². The van der Waals surface area contributed by atoms with Crippen LogP contribution in [0.2, 0.25) is 0 Å².